The second-order valence-corrected chi connectivity index (χ2v) is 18.7. The van der Waals surface area contributed by atoms with Crippen molar-refractivity contribution in [1.82, 2.24) is 26.6 Å². The molecular formula is C75H125N5O15. The van der Waals surface area contributed by atoms with Gasteiger partial charge < -0.3 is 99.5 Å². The van der Waals surface area contributed by atoms with Crippen molar-refractivity contribution in [2.45, 2.75) is 161 Å². The summed E-state index contributed by atoms with van der Waals surface area (Å²) in [6, 6.07) is 15.3. The van der Waals surface area contributed by atoms with Crippen molar-refractivity contribution in [3.05, 3.63) is 149 Å². The summed E-state index contributed by atoms with van der Waals surface area (Å²) < 4.78 is 431. The van der Waals surface area contributed by atoms with E-state index >= 15 is 0 Å². The summed E-state index contributed by atoms with van der Waals surface area (Å²) in [6.45, 7) is -35.0. The average Bonchev–Trinajstić information content (AvgIpc) is 0.765. The molecule has 5 rings (SSSR count). The third kappa shape index (κ3) is 50.5. The summed E-state index contributed by atoms with van der Waals surface area (Å²) >= 11 is 0. The van der Waals surface area contributed by atoms with Crippen LogP contribution in [0.25, 0.3) is 0 Å². The molecule has 0 aliphatic carbocycles. The minimum absolute atomic E-state index is 0.0279. The van der Waals surface area contributed by atoms with Gasteiger partial charge in [0.25, 0.3) is 0 Å². The van der Waals surface area contributed by atoms with Crippen molar-refractivity contribution in [2.75, 3.05) is 134 Å². The Balaban J connectivity index is 0.000000908. The van der Waals surface area contributed by atoms with Crippen molar-refractivity contribution < 1.29 is 141 Å². The Bertz CT molecular complexity index is 4780. The van der Waals surface area contributed by atoms with Crippen LogP contribution in [0.5, 0.6) is 28.7 Å². The molecule has 10 N–H and O–H groups in total. The van der Waals surface area contributed by atoms with Gasteiger partial charge >= 0.3 is 0 Å². The molecule has 20 heteroatoms. The van der Waals surface area contributed by atoms with Gasteiger partial charge in [-0.2, -0.15) is 0 Å². The quantitative estimate of drug-likeness (QED) is 0.0177. The highest BCUT2D eigenvalue weighted by Gasteiger charge is 2.11. The molecule has 0 saturated heterocycles. The number of benzene rings is 5. The van der Waals surface area contributed by atoms with Gasteiger partial charge in [0.15, 0.2) is 0 Å². The van der Waals surface area contributed by atoms with E-state index in [4.69, 9.17) is 92.2 Å². The Kier molecular flexibility index (Phi) is 21.4. The molecule has 0 bridgehead atoms. The van der Waals surface area contributed by atoms with Crippen LogP contribution in [0.4, 0.5) is 0 Å². The van der Waals surface area contributed by atoms with Crippen molar-refractivity contribution in [3.8, 4) is 28.7 Å². The van der Waals surface area contributed by atoms with Crippen LogP contribution in [0.15, 0.2) is 121 Å². The predicted molar refractivity (Wildman–Crippen MR) is 383 cm³/mol. The van der Waals surface area contributed by atoms with E-state index in [1.54, 1.807) is 19.2 Å². The smallest absolute Gasteiger partial charge is 0.119 e. The lowest BCUT2D eigenvalue weighted by Gasteiger charge is -2.15. The van der Waals surface area contributed by atoms with E-state index in [0.29, 0.717) is 0 Å². The molecule has 0 amide bonds. The average molecular weight is 1390 g/mol. The standard InChI is InChI=1S/5C15H25NO3/c5*1-12(2)16-10-14(17)11-19-15-6-4-13(5-7-15)8-9-18-3/h5*4-7,12,14,16-17H,8-11H2,1-3H3/i1D3,2D3,8D2,9D2,11D2,12D,14D;1D3,8D2,9D2,11D2,12D,14D;8D2,9D2,11D2,12D,14D;1D3,8D2,9D2,11D2,14D;8D2,9D2,11D2,14D. The fourth-order valence-corrected chi connectivity index (χ4v) is 5.55. The second kappa shape index (κ2) is 56.5. The molecule has 20 nitrogen and oxygen atoms in total. The van der Waals surface area contributed by atoms with Gasteiger partial charge in [0.1, 0.15) is 91.9 Å². The van der Waals surface area contributed by atoms with Crippen molar-refractivity contribution in [3.63, 3.8) is 0 Å². The SMILES string of the molecule is [2H]C(C)(C)NCC([2H])(O)C([2H])([2H])Oc1ccc(C([2H])([2H])C([2H])([2H])OC)cc1.[2H]C(O)(CNC(C)C)C([2H])([2H])Oc1ccc(C([2H])([2H])C([2H])([2H])OC)cc1.[2H]C([2H])([2H])C(C)NCC([2H])(O)C([2H])([2H])Oc1ccc(C([2H])([2H])C([2H])([2H])OC)cc1.[2H]C([2H])([2H])C([2H])(C)NCC([2H])(O)C([2H])([2H])Oc1ccc(C([2H])([2H])C([2H])([2H])OC)cc1.[2H]C([2H])([2H])C([2H])(NCC([2H])(O)C([2H])([2H])Oc1ccc(C([2H])([2H])C([2H])([2H])OC)cc1)C([2H])([2H])[2H]. The largest absolute Gasteiger partial charge is 0.491 e. The molecule has 5 aromatic carbocycles. The van der Waals surface area contributed by atoms with Crippen LogP contribution in [0.2, 0.25) is 0 Å². The number of aliphatic hydroxyl groups is 5. The number of hydrogen-bond acceptors (Lipinski definition) is 20. The summed E-state index contributed by atoms with van der Waals surface area (Å²) in [5.74, 6) is -0.794. The van der Waals surface area contributed by atoms with Gasteiger partial charge in [-0.05, 0) is 120 Å². The third-order valence-electron chi connectivity index (χ3n) is 10.0. The Hall–Kier alpha value is -5.50. The van der Waals surface area contributed by atoms with Crippen molar-refractivity contribution in [1.29, 1.82) is 0 Å². The normalized spacial score (nSPS) is 26.0. The molecule has 0 fully saturated rings. The topological polar surface area (TPSA) is 254 Å². The van der Waals surface area contributed by atoms with Gasteiger partial charge in [-0.1, -0.05) is 130 Å². The minimum atomic E-state index is -3.41. The zero-order valence-electron chi connectivity index (χ0n) is 105. The summed E-state index contributed by atoms with van der Waals surface area (Å²) in [5, 5.41) is 62.2. The lowest BCUT2D eigenvalue weighted by atomic mass is 10.1. The van der Waals surface area contributed by atoms with Crippen LogP contribution in [-0.2, 0) is 55.5 Å². The van der Waals surface area contributed by atoms with Crippen LogP contribution < -0.4 is 50.3 Å². The van der Waals surface area contributed by atoms with E-state index < -0.39 is 206 Å². The van der Waals surface area contributed by atoms with Gasteiger partial charge in [-0.25, -0.2) is 0 Å². The predicted octanol–water partition coefficient (Wildman–Crippen LogP) is 8.07. The highest BCUT2D eigenvalue weighted by Crippen LogP contribution is 2.17. The molecule has 0 aliphatic heterocycles. The van der Waals surface area contributed by atoms with E-state index in [0.717, 1.165) is 103 Å². The fraction of sp³-hybridized carbons (Fsp3) is 0.600. The zero-order chi connectivity index (χ0) is 115. The van der Waals surface area contributed by atoms with Crippen molar-refractivity contribution in [2.24, 2.45) is 0 Å². The van der Waals surface area contributed by atoms with Crippen LogP contribution in [0, 0.1) is 0 Å². The molecule has 0 aromatic heterocycles. The summed E-state index contributed by atoms with van der Waals surface area (Å²) in [4.78, 5) is 0. The first-order valence-electron chi connectivity index (χ1n) is 53.2. The van der Waals surface area contributed by atoms with Crippen LogP contribution >= 0.6 is 0 Å². The first kappa shape index (κ1) is 36.0. The molecule has 540 valence electrons. The number of nitrogens with one attached hydrogen (secondary N) is 5. The number of methoxy groups -OCH3 is 5. The minimum Gasteiger partial charge on any atom is -0.491 e. The molecule has 7 unspecified atom stereocenters. The van der Waals surface area contributed by atoms with Gasteiger partial charge in [0.05, 0.1) is 67.1 Å². The maximum Gasteiger partial charge on any atom is 0.119 e. The number of aryl methyl sites for hydroxylation is 5. The highest BCUT2D eigenvalue weighted by atomic mass is 16.5. The Morgan fingerprint density at radius 1 is 0.305 bits per heavy atom. The Labute approximate surface area is 641 Å². The Morgan fingerprint density at radius 2 is 0.516 bits per heavy atom. The second-order valence-electron chi connectivity index (χ2n) is 18.7. The molecule has 0 aliphatic rings. The molecule has 0 spiro atoms. The van der Waals surface area contributed by atoms with E-state index in [2.05, 4.69) is 45.0 Å². The maximum absolute atomic E-state index is 10.2. The molecule has 0 saturated carbocycles. The van der Waals surface area contributed by atoms with Gasteiger partial charge in [-0.15, -0.1) is 0 Å². The first-order valence-corrected chi connectivity index (χ1v) is 28.2. The molecule has 7 atom stereocenters. The lowest BCUT2D eigenvalue weighted by Crippen LogP contribution is -2.35. The molecule has 5 aromatic rings. The van der Waals surface area contributed by atoms with Gasteiger partial charge in [0.2, 0.25) is 0 Å². The Morgan fingerprint density at radius 3 is 0.716 bits per heavy atom. The lowest BCUT2D eigenvalue weighted by molar-refractivity contribution is 0.104. The molecular weight excluding hydrogens is 1210 g/mol. The van der Waals surface area contributed by atoms with Gasteiger partial charge in [0, 0.05) is 133 Å². The van der Waals surface area contributed by atoms with Crippen LogP contribution in [0.1, 0.15) is 165 Å². The fourth-order valence-electron chi connectivity index (χ4n) is 5.55. The van der Waals surface area contributed by atoms with E-state index in [9.17, 15) is 25.5 Å². The molecule has 95 heavy (non-hydrogen) atoms. The van der Waals surface area contributed by atoms with E-state index in [1.165, 1.54) is 81.4 Å². The summed E-state index contributed by atoms with van der Waals surface area (Å²) in [6.07, 6.45) is -26.9. The van der Waals surface area contributed by atoms with Gasteiger partial charge in [-0.3, -0.25) is 0 Å². The number of rotatable bonds is 45. The first-order chi connectivity index (χ1) is 64.1. The van der Waals surface area contributed by atoms with E-state index in [-0.39, 0.29) is 69.2 Å². The molecule has 0 heterocycles. The van der Waals surface area contributed by atoms with Crippen LogP contribution in [-0.4, -0.2) is 220 Å². The monoisotopic (exact) mass is 1390 g/mol. The molecule has 0 radical (unpaired) electrons. The highest BCUT2D eigenvalue weighted by molar-refractivity contribution is 5.31. The summed E-state index contributed by atoms with van der Waals surface area (Å²) in [5.41, 5.74) is -0.473. The van der Waals surface area contributed by atoms with E-state index in [1.807, 2.05) is 0 Å². The van der Waals surface area contributed by atoms with Crippen LogP contribution in [0.3, 0.4) is 0 Å². The maximum atomic E-state index is 10.2. The zero-order valence-corrected chi connectivity index (χ0v) is 54.6. The summed E-state index contributed by atoms with van der Waals surface area (Å²) in [7, 11) is 5.13. The third-order valence-corrected chi connectivity index (χ3v) is 10.0. The number of hydrogen-bond donors (Lipinski definition) is 10. The van der Waals surface area contributed by atoms with Crippen molar-refractivity contribution >= 4 is 0 Å². The number of ether oxygens (including phenoxy) is 10.